The molecular formula is C31H25ClN6O5. The summed E-state index contributed by atoms with van der Waals surface area (Å²) in [7, 11) is 0. The van der Waals surface area contributed by atoms with Gasteiger partial charge >= 0.3 is 5.97 Å². The second-order valence-electron chi connectivity index (χ2n) is 9.19. The topological polar surface area (TPSA) is 153 Å². The molecule has 0 bridgehead atoms. The standard InChI is InChI=1S/C31H25ClN6O5/c1-2-43-31(40)22-7-11-24(12-8-22)37-29(26-20-25(38(41)42)13-14-27(26)32)35-28(30(37)39)19-21-5-9-23(10-6-21)36(17-3-15-33)18-4-16-34/h5-14,19-20H,2-4,17-18H2,1H3/b28-19-. The fourth-order valence-electron chi connectivity index (χ4n) is 4.38. The van der Waals surface area contributed by atoms with Gasteiger partial charge in [0.2, 0.25) is 0 Å². The number of non-ortho nitro benzene ring substituents is 1. The lowest BCUT2D eigenvalue weighted by Crippen LogP contribution is -2.33. The van der Waals surface area contributed by atoms with Crippen molar-refractivity contribution >= 4 is 52.5 Å². The summed E-state index contributed by atoms with van der Waals surface area (Å²) < 4.78 is 5.04. The maximum absolute atomic E-state index is 13.8. The molecule has 0 aromatic heterocycles. The van der Waals surface area contributed by atoms with Crippen molar-refractivity contribution in [3.05, 3.63) is 104 Å². The van der Waals surface area contributed by atoms with Crippen LogP contribution in [0.5, 0.6) is 0 Å². The molecule has 1 heterocycles. The molecule has 0 spiro atoms. The molecule has 0 unspecified atom stereocenters. The van der Waals surface area contributed by atoms with Gasteiger partial charge in [0.1, 0.15) is 11.5 Å². The minimum absolute atomic E-state index is 0.0607. The van der Waals surface area contributed by atoms with Crippen LogP contribution in [-0.2, 0) is 9.53 Å². The van der Waals surface area contributed by atoms with Gasteiger partial charge in [-0.25, -0.2) is 9.79 Å². The lowest BCUT2D eigenvalue weighted by atomic mass is 10.1. The number of hydrogen-bond acceptors (Lipinski definition) is 9. The van der Waals surface area contributed by atoms with E-state index in [0.717, 1.165) is 5.69 Å². The van der Waals surface area contributed by atoms with Crippen LogP contribution in [0.3, 0.4) is 0 Å². The molecule has 0 fully saturated rings. The van der Waals surface area contributed by atoms with Gasteiger partial charge in [-0.15, -0.1) is 0 Å². The maximum Gasteiger partial charge on any atom is 0.338 e. The van der Waals surface area contributed by atoms with E-state index in [9.17, 15) is 19.7 Å². The van der Waals surface area contributed by atoms with Crippen LogP contribution in [0.2, 0.25) is 5.02 Å². The molecule has 3 aromatic rings. The van der Waals surface area contributed by atoms with E-state index in [4.69, 9.17) is 26.9 Å². The summed E-state index contributed by atoms with van der Waals surface area (Å²) in [6.07, 6.45) is 2.19. The van der Waals surface area contributed by atoms with Crippen LogP contribution in [0.4, 0.5) is 17.1 Å². The lowest BCUT2D eigenvalue weighted by molar-refractivity contribution is -0.384. The fourth-order valence-corrected chi connectivity index (χ4v) is 4.58. The Morgan fingerprint density at radius 3 is 2.30 bits per heavy atom. The van der Waals surface area contributed by atoms with E-state index in [0.29, 0.717) is 42.7 Å². The summed E-state index contributed by atoms with van der Waals surface area (Å²) in [6.45, 7) is 2.85. The number of rotatable bonds is 11. The van der Waals surface area contributed by atoms with Crippen molar-refractivity contribution in [2.24, 2.45) is 4.99 Å². The molecule has 0 N–H and O–H groups in total. The second-order valence-corrected chi connectivity index (χ2v) is 9.60. The van der Waals surface area contributed by atoms with E-state index in [1.54, 1.807) is 37.3 Å². The number of hydrogen-bond donors (Lipinski definition) is 0. The highest BCUT2D eigenvalue weighted by atomic mass is 35.5. The third-order valence-electron chi connectivity index (χ3n) is 6.45. The Morgan fingerprint density at radius 1 is 1.07 bits per heavy atom. The first kappa shape index (κ1) is 30.4. The van der Waals surface area contributed by atoms with Crippen molar-refractivity contribution in [3.63, 3.8) is 0 Å². The zero-order valence-electron chi connectivity index (χ0n) is 23.1. The summed E-state index contributed by atoms with van der Waals surface area (Å²) >= 11 is 6.44. The summed E-state index contributed by atoms with van der Waals surface area (Å²) in [5, 5.41) is 29.6. The molecule has 0 saturated heterocycles. The van der Waals surface area contributed by atoms with E-state index >= 15 is 0 Å². The van der Waals surface area contributed by atoms with E-state index in [1.807, 2.05) is 17.0 Å². The van der Waals surface area contributed by atoms with Gasteiger partial charge in [-0.3, -0.25) is 19.8 Å². The van der Waals surface area contributed by atoms with Gasteiger partial charge in [-0.2, -0.15) is 10.5 Å². The van der Waals surface area contributed by atoms with E-state index in [1.165, 1.54) is 35.2 Å². The van der Waals surface area contributed by atoms with Crippen LogP contribution in [0, 0.1) is 32.8 Å². The number of nitro groups is 1. The Morgan fingerprint density at radius 2 is 1.72 bits per heavy atom. The molecule has 43 heavy (non-hydrogen) atoms. The number of esters is 1. The average Bonchev–Trinajstić information content (AvgIpc) is 3.33. The van der Waals surface area contributed by atoms with Gasteiger partial charge in [0.15, 0.2) is 0 Å². The quantitative estimate of drug-likeness (QED) is 0.115. The molecule has 12 heteroatoms. The number of halogens is 1. The van der Waals surface area contributed by atoms with Crippen molar-refractivity contribution in [1.82, 2.24) is 0 Å². The zero-order chi connectivity index (χ0) is 30.9. The summed E-state index contributed by atoms with van der Waals surface area (Å²) in [4.78, 5) is 44.6. The average molecular weight is 597 g/mol. The highest BCUT2D eigenvalue weighted by Gasteiger charge is 2.34. The van der Waals surface area contributed by atoms with Gasteiger partial charge in [0.25, 0.3) is 11.6 Å². The van der Waals surface area contributed by atoms with Crippen molar-refractivity contribution in [1.29, 1.82) is 10.5 Å². The van der Waals surface area contributed by atoms with Gasteiger partial charge in [0.05, 0.1) is 52.8 Å². The maximum atomic E-state index is 13.8. The number of aliphatic imine (C=N–C) groups is 1. The molecular weight excluding hydrogens is 572 g/mol. The highest BCUT2D eigenvalue weighted by molar-refractivity contribution is 6.39. The monoisotopic (exact) mass is 596 g/mol. The van der Waals surface area contributed by atoms with Crippen molar-refractivity contribution in [3.8, 4) is 12.1 Å². The normalized spacial score (nSPS) is 13.3. The molecule has 0 atom stereocenters. The Labute approximate surface area is 252 Å². The summed E-state index contributed by atoms with van der Waals surface area (Å²) in [5.74, 6) is -0.930. The number of nitro benzene ring substituents is 1. The second kappa shape index (κ2) is 13.9. The van der Waals surface area contributed by atoms with Gasteiger partial charge < -0.3 is 9.64 Å². The molecule has 1 amide bonds. The minimum Gasteiger partial charge on any atom is -0.462 e. The van der Waals surface area contributed by atoms with E-state index in [-0.39, 0.29) is 34.4 Å². The van der Waals surface area contributed by atoms with Crippen LogP contribution in [0.25, 0.3) is 6.08 Å². The smallest absolute Gasteiger partial charge is 0.338 e. The van der Waals surface area contributed by atoms with E-state index < -0.39 is 16.8 Å². The van der Waals surface area contributed by atoms with Crippen LogP contribution < -0.4 is 9.80 Å². The predicted octanol–water partition coefficient (Wildman–Crippen LogP) is 5.89. The number of nitrogens with zero attached hydrogens (tertiary/aromatic N) is 6. The first-order valence-corrected chi connectivity index (χ1v) is 13.6. The molecule has 216 valence electrons. The molecule has 3 aromatic carbocycles. The molecule has 1 aliphatic heterocycles. The summed E-state index contributed by atoms with van der Waals surface area (Å²) in [6, 6.07) is 21.5. The van der Waals surface area contributed by atoms with Gasteiger partial charge in [-0.05, 0) is 61.0 Å². The van der Waals surface area contributed by atoms with Crippen LogP contribution in [0.15, 0.2) is 77.4 Å². The van der Waals surface area contributed by atoms with Gasteiger partial charge in [-0.1, -0.05) is 23.7 Å². The molecule has 0 radical (unpaired) electrons. The summed E-state index contributed by atoms with van der Waals surface area (Å²) in [5.41, 5.74) is 2.15. The number of anilines is 2. The van der Waals surface area contributed by atoms with Crippen LogP contribution in [-0.4, -0.2) is 42.3 Å². The lowest BCUT2D eigenvalue weighted by Gasteiger charge is -2.22. The number of amidine groups is 1. The van der Waals surface area contributed by atoms with Crippen LogP contribution >= 0.6 is 11.6 Å². The molecule has 4 rings (SSSR count). The number of amides is 1. The SMILES string of the molecule is CCOC(=O)c1ccc(N2C(=O)/C(=C/c3ccc(N(CCC#N)CCC#N)cc3)N=C2c2cc([N+](=O)[O-])ccc2Cl)cc1. The molecule has 11 nitrogen and oxygen atoms in total. The Balaban J connectivity index is 1.74. The minimum atomic E-state index is -0.565. The molecule has 0 aliphatic carbocycles. The van der Waals surface area contributed by atoms with Crippen molar-refractivity contribution in [2.45, 2.75) is 19.8 Å². The third kappa shape index (κ3) is 7.04. The number of nitriles is 2. The van der Waals surface area contributed by atoms with Crippen molar-refractivity contribution < 1.29 is 19.2 Å². The largest absolute Gasteiger partial charge is 0.462 e. The third-order valence-corrected chi connectivity index (χ3v) is 6.78. The zero-order valence-corrected chi connectivity index (χ0v) is 23.8. The predicted molar refractivity (Wildman–Crippen MR) is 162 cm³/mol. The molecule has 1 aliphatic rings. The first-order chi connectivity index (χ1) is 20.8. The number of carbonyl (C=O) groups is 2. The van der Waals surface area contributed by atoms with Gasteiger partial charge in [0, 0.05) is 36.5 Å². The fraction of sp³-hybridized carbons (Fsp3) is 0.194. The van der Waals surface area contributed by atoms with Crippen molar-refractivity contribution in [2.75, 3.05) is 29.5 Å². The number of ether oxygens (including phenoxy) is 1. The molecule has 0 saturated carbocycles. The first-order valence-electron chi connectivity index (χ1n) is 13.2. The number of benzene rings is 3. The Hall–Kier alpha value is -5.52. The van der Waals surface area contributed by atoms with E-state index in [2.05, 4.69) is 17.1 Å². The Bertz CT molecular complexity index is 1670. The van der Waals surface area contributed by atoms with Crippen LogP contribution in [0.1, 0.15) is 41.3 Å². The Kier molecular flexibility index (Phi) is 9.84. The number of carbonyl (C=O) groups excluding carboxylic acids is 2. The highest BCUT2D eigenvalue weighted by Crippen LogP contribution is 2.32.